The molecule has 0 radical (unpaired) electrons. The van der Waals surface area contributed by atoms with Crippen LogP contribution in [0.3, 0.4) is 0 Å². The molecule has 0 saturated carbocycles. The molecule has 1 aromatic rings. The molecule has 4 heteroatoms. The summed E-state index contributed by atoms with van der Waals surface area (Å²) >= 11 is 0. The van der Waals surface area contributed by atoms with E-state index in [1.807, 2.05) is 24.7 Å². The minimum Gasteiger partial charge on any atom is -0.386 e. The molecular weight excluding hydrogens is 180 g/mol. The smallest absolute Gasteiger partial charge is 0.103 e. The van der Waals surface area contributed by atoms with Gasteiger partial charge in [-0.05, 0) is 13.3 Å². The predicted molar refractivity (Wildman–Crippen MR) is 51.7 cm³/mol. The van der Waals surface area contributed by atoms with E-state index in [0.29, 0.717) is 6.61 Å². The van der Waals surface area contributed by atoms with E-state index in [-0.39, 0.29) is 12.0 Å². The van der Waals surface area contributed by atoms with Gasteiger partial charge in [0.2, 0.25) is 0 Å². The summed E-state index contributed by atoms with van der Waals surface area (Å²) in [5, 5.41) is 10.00. The molecule has 0 bridgehead atoms. The molecule has 4 nitrogen and oxygen atoms in total. The van der Waals surface area contributed by atoms with Crippen molar-refractivity contribution in [1.82, 2.24) is 9.55 Å². The first kappa shape index (κ1) is 9.68. The fourth-order valence-corrected chi connectivity index (χ4v) is 1.90. The Kier molecular flexibility index (Phi) is 2.56. The molecule has 2 heterocycles. The maximum Gasteiger partial charge on any atom is 0.103 e. The molecule has 1 N–H and O–H groups in total. The van der Waals surface area contributed by atoms with Crippen LogP contribution < -0.4 is 0 Å². The Morgan fingerprint density at radius 1 is 1.71 bits per heavy atom. The maximum atomic E-state index is 10.00. The van der Waals surface area contributed by atoms with E-state index in [4.69, 9.17) is 4.74 Å². The zero-order valence-electron chi connectivity index (χ0n) is 8.55. The summed E-state index contributed by atoms with van der Waals surface area (Å²) < 4.78 is 7.27. The van der Waals surface area contributed by atoms with Crippen LogP contribution in [0.25, 0.3) is 0 Å². The molecule has 14 heavy (non-hydrogen) atoms. The Bertz CT molecular complexity index is 311. The van der Waals surface area contributed by atoms with Crippen LogP contribution >= 0.6 is 0 Å². The third kappa shape index (κ3) is 1.81. The van der Waals surface area contributed by atoms with Crippen LogP contribution in [0.15, 0.2) is 12.5 Å². The largest absolute Gasteiger partial charge is 0.386 e. The van der Waals surface area contributed by atoms with Gasteiger partial charge in [0.25, 0.3) is 0 Å². The van der Waals surface area contributed by atoms with Crippen molar-refractivity contribution in [3.8, 4) is 0 Å². The normalized spacial score (nSPS) is 29.4. The standard InChI is InChI=1S/C10H16N2O2/c1-7-3-8(5-14-7)10(13)9-4-12(2)6-11-9/h4,6-8,10,13H,3,5H2,1-2H3. The monoisotopic (exact) mass is 196 g/mol. The van der Waals surface area contributed by atoms with Crippen LogP contribution in [0.1, 0.15) is 25.1 Å². The van der Waals surface area contributed by atoms with Crippen molar-refractivity contribution in [3.05, 3.63) is 18.2 Å². The third-order valence-corrected chi connectivity index (χ3v) is 2.70. The van der Waals surface area contributed by atoms with Gasteiger partial charge in [-0.1, -0.05) is 0 Å². The Morgan fingerprint density at radius 3 is 3.00 bits per heavy atom. The Morgan fingerprint density at radius 2 is 2.50 bits per heavy atom. The number of imidazole rings is 1. The fraction of sp³-hybridized carbons (Fsp3) is 0.700. The highest BCUT2D eigenvalue weighted by Crippen LogP contribution is 2.30. The topological polar surface area (TPSA) is 47.3 Å². The first-order valence-electron chi connectivity index (χ1n) is 4.94. The van der Waals surface area contributed by atoms with Crippen molar-refractivity contribution in [3.63, 3.8) is 0 Å². The molecule has 0 amide bonds. The van der Waals surface area contributed by atoms with Gasteiger partial charge in [-0.25, -0.2) is 4.98 Å². The van der Waals surface area contributed by atoms with E-state index >= 15 is 0 Å². The molecule has 1 fully saturated rings. The number of rotatable bonds is 2. The van der Waals surface area contributed by atoms with Crippen molar-refractivity contribution in [2.45, 2.75) is 25.6 Å². The molecule has 78 valence electrons. The predicted octanol–water partition coefficient (Wildman–Crippen LogP) is 0.878. The minimum absolute atomic E-state index is 0.194. The Labute approximate surface area is 83.5 Å². The van der Waals surface area contributed by atoms with Crippen LogP contribution in [-0.4, -0.2) is 27.4 Å². The van der Waals surface area contributed by atoms with Crippen molar-refractivity contribution in [2.24, 2.45) is 13.0 Å². The molecule has 1 aliphatic rings. The molecule has 1 saturated heterocycles. The second-order valence-corrected chi connectivity index (χ2v) is 4.05. The Balaban J connectivity index is 2.05. The van der Waals surface area contributed by atoms with Gasteiger partial charge in [0, 0.05) is 19.2 Å². The maximum absolute atomic E-state index is 10.00. The van der Waals surface area contributed by atoms with Crippen LogP contribution in [-0.2, 0) is 11.8 Å². The highest BCUT2D eigenvalue weighted by Gasteiger charge is 2.30. The van der Waals surface area contributed by atoms with Crippen molar-refractivity contribution < 1.29 is 9.84 Å². The second kappa shape index (κ2) is 3.71. The summed E-state index contributed by atoms with van der Waals surface area (Å²) in [6.45, 7) is 2.67. The molecule has 2 rings (SSSR count). The summed E-state index contributed by atoms with van der Waals surface area (Å²) in [5.41, 5.74) is 0.746. The lowest BCUT2D eigenvalue weighted by atomic mass is 9.97. The van der Waals surface area contributed by atoms with E-state index in [1.165, 1.54) is 0 Å². The van der Waals surface area contributed by atoms with Gasteiger partial charge in [-0.2, -0.15) is 0 Å². The molecule has 3 atom stereocenters. The number of aryl methyl sites for hydroxylation is 1. The van der Waals surface area contributed by atoms with Gasteiger partial charge in [0.15, 0.2) is 0 Å². The zero-order valence-corrected chi connectivity index (χ0v) is 8.55. The van der Waals surface area contributed by atoms with E-state index < -0.39 is 6.10 Å². The van der Waals surface area contributed by atoms with Crippen molar-refractivity contribution in [2.75, 3.05) is 6.61 Å². The van der Waals surface area contributed by atoms with E-state index in [2.05, 4.69) is 4.98 Å². The molecular formula is C10H16N2O2. The first-order valence-corrected chi connectivity index (χ1v) is 4.94. The summed E-state index contributed by atoms with van der Waals surface area (Å²) in [6.07, 6.45) is 4.25. The highest BCUT2D eigenvalue weighted by molar-refractivity contribution is 5.03. The average Bonchev–Trinajstić information content (AvgIpc) is 2.73. The van der Waals surface area contributed by atoms with E-state index in [9.17, 15) is 5.11 Å². The van der Waals surface area contributed by atoms with Crippen LogP contribution in [0.5, 0.6) is 0 Å². The van der Waals surface area contributed by atoms with Crippen LogP contribution in [0.4, 0.5) is 0 Å². The van der Waals surface area contributed by atoms with Gasteiger partial charge < -0.3 is 14.4 Å². The number of aliphatic hydroxyl groups is 1. The van der Waals surface area contributed by atoms with Gasteiger partial charge in [-0.15, -0.1) is 0 Å². The summed E-state index contributed by atoms with van der Waals surface area (Å²) in [4.78, 5) is 4.14. The molecule has 1 aromatic heterocycles. The number of aromatic nitrogens is 2. The molecule has 3 unspecified atom stereocenters. The quantitative estimate of drug-likeness (QED) is 0.763. The lowest BCUT2D eigenvalue weighted by molar-refractivity contribution is 0.0783. The van der Waals surface area contributed by atoms with E-state index in [0.717, 1.165) is 12.1 Å². The summed E-state index contributed by atoms with van der Waals surface area (Å²) in [5.74, 6) is 0.194. The second-order valence-electron chi connectivity index (χ2n) is 4.05. The number of nitrogens with zero attached hydrogens (tertiary/aromatic N) is 2. The van der Waals surface area contributed by atoms with Crippen LogP contribution in [0, 0.1) is 5.92 Å². The summed E-state index contributed by atoms with van der Waals surface area (Å²) in [6, 6.07) is 0. The molecule has 0 aliphatic carbocycles. The SMILES string of the molecule is CC1CC(C(O)c2cn(C)cn2)CO1. The molecule has 1 aliphatic heterocycles. The first-order chi connectivity index (χ1) is 6.66. The number of hydrogen-bond donors (Lipinski definition) is 1. The van der Waals surface area contributed by atoms with Gasteiger partial charge in [-0.3, -0.25) is 0 Å². The lowest BCUT2D eigenvalue weighted by Crippen LogP contribution is -2.13. The van der Waals surface area contributed by atoms with Gasteiger partial charge in [0.1, 0.15) is 6.10 Å². The fourth-order valence-electron chi connectivity index (χ4n) is 1.90. The number of ether oxygens (including phenoxy) is 1. The highest BCUT2D eigenvalue weighted by atomic mass is 16.5. The molecule has 0 aromatic carbocycles. The minimum atomic E-state index is -0.485. The zero-order chi connectivity index (χ0) is 10.1. The van der Waals surface area contributed by atoms with Crippen molar-refractivity contribution >= 4 is 0 Å². The van der Waals surface area contributed by atoms with Gasteiger partial charge >= 0.3 is 0 Å². The summed E-state index contributed by atoms with van der Waals surface area (Å²) in [7, 11) is 1.90. The average molecular weight is 196 g/mol. The number of aliphatic hydroxyl groups excluding tert-OH is 1. The Hall–Kier alpha value is -0.870. The van der Waals surface area contributed by atoms with Crippen molar-refractivity contribution in [1.29, 1.82) is 0 Å². The lowest BCUT2D eigenvalue weighted by Gasteiger charge is -2.13. The van der Waals surface area contributed by atoms with E-state index in [1.54, 1.807) is 6.33 Å². The third-order valence-electron chi connectivity index (χ3n) is 2.70. The molecule has 0 spiro atoms. The van der Waals surface area contributed by atoms with Crippen LogP contribution in [0.2, 0.25) is 0 Å². The number of hydrogen-bond acceptors (Lipinski definition) is 3. The van der Waals surface area contributed by atoms with Gasteiger partial charge in [0.05, 0.1) is 24.7 Å².